The molecule has 21 heavy (non-hydrogen) atoms. The Labute approximate surface area is 131 Å². The van der Waals surface area contributed by atoms with Crippen molar-refractivity contribution < 1.29 is 19.1 Å². The first kappa shape index (κ1) is 18.3. The number of rotatable bonds is 8. The van der Waals surface area contributed by atoms with E-state index >= 15 is 0 Å². The van der Waals surface area contributed by atoms with Gasteiger partial charge in [-0.25, -0.2) is 0 Å². The van der Waals surface area contributed by atoms with Crippen molar-refractivity contribution in [1.82, 2.24) is 4.90 Å². The first-order valence-corrected chi connectivity index (χ1v) is 8.91. The van der Waals surface area contributed by atoms with E-state index in [1.165, 1.54) is 37.4 Å². The summed E-state index contributed by atoms with van der Waals surface area (Å²) in [6.45, 7) is 7.17. The quantitative estimate of drug-likeness (QED) is 0.505. The van der Waals surface area contributed by atoms with Gasteiger partial charge in [0.05, 0.1) is 13.2 Å². The van der Waals surface area contributed by atoms with Crippen LogP contribution in [-0.2, 0) is 19.1 Å². The van der Waals surface area contributed by atoms with E-state index in [0.29, 0.717) is 0 Å². The normalized spacial score (nSPS) is 16.5. The van der Waals surface area contributed by atoms with Crippen LogP contribution in [0.4, 0.5) is 0 Å². The van der Waals surface area contributed by atoms with E-state index in [0.717, 1.165) is 25.4 Å². The van der Waals surface area contributed by atoms with Crippen molar-refractivity contribution in [3.05, 3.63) is 0 Å². The Hall–Kier alpha value is -0.750. The van der Waals surface area contributed by atoms with E-state index in [1.54, 1.807) is 13.8 Å². The van der Waals surface area contributed by atoms with Crippen LogP contribution in [0.1, 0.15) is 39.5 Å². The van der Waals surface area contributed by atoms with E-state index in [9.17, 15) is 9.59 Å². The molecule has 1 saturated heterocycles. The van der Waals surface area contributed by atoms with Crippen molar-refractivity contribution in [2.75, 3.05) is 38.6 Å². The lowest BCUT2D eigenvalue weighted by molar-refractivity contribution is -0.152. The molecule has 1 rings (SSSR count). The molecule has 1 aliphatic heterocycles. The second-order valence-corrected chi connectivity index (χ2v) is 6.22. The van der Waals surface area contributed by atoms with Crippen molar-refractivity contribution in [2.24, 2.45) is 0 Å². The highest BCUT2D eigenvalue weighted by molar-refractivity contribution is 8.01. The number of carbonyl (C=O) groups is 2. The van der Waals surface area contributed by atoms with Gasteiger partial charge in [0.1, 0.15) is 0 Å². The minimum atomic E-state index is -0.850. The molecule has 0 amide bonds. The van der Waals surface area contributed by atoms with Crippen LogP contribution in [0, 0.1) is 0 Å². The topological polar surface area (TPSA) is 55.8 Å². The molecule has 6 heteroatoms. The Balaban J connectivity index is 2.40. The third-order valence-electron chi connectivity index (χ3n) is 3.39. The molecule has 122 valence electrons. The number of thioether (sulfide) groups is 1. The summed E-state index contributed by atoms with van der Waals surface area (Å²) in [7, 11) is 0. The molecule has 1 fully saturated rings. The molecule has 0 unspecified atom stereocenters. The Morgan fingerprint density at radius 1 is 1.00 bits per heavy atom. The van der Waals surface area contributed by atoms with E-state index < -0.39 is 17.2 Å². The number of nitrogens with zero attached hydrogens (tertiary/aromatic N) is 1. The second-order valence-electron chi connectivity index (χ2n) is 5.01. The maximum absolute atomic E-state index is 11.8. The third-order valence-corrected chi connectivity index (χ3v) is 4.53. The lowest BCUT2D eigenvalue weighted by atomic mass is 10.2. The first-order chi connectivity index (χ1) is 10.2. The van der Waals surface area contributed by atoms with E-state index in [4.69, 9.17) is 9.47 Å². The molecule has 0 saturated carbocycles. The number of hydrogen-bond donors (Lipinski definition) is 0. The lowest BCUT2D eigenvalue weighted by Gasteiger charge is -2.20. The molecular formula is C15H27NO4S. The fourth-order valence-electron chi connectivity index (χ4n) is 2.33. The van der Waals surface area contributed by atoms with Crippen LogP contribution in [0.2, 0.25) is 0 Å². The van der Waals surface area contributed by atoms with Crippen LogP contribution in [0.15, 0.2) is 0 Å². The highest BCUT2D eigenvalue weighted by Crippen LogP contribution is 2.17. The summed E-state index contributed by atoms with van der Waals surface area (Å²) in [6, 6.07) is 0. The Morgan fingerprint density at radius 3 is 2.00 bits per heavy atom. The van der Waals surface area contributed by atoms with Gasteiger partial charge in [-0.2, -0.15) is 0 Å². The molecule has 0 N–H and O–H groups in total. The number of ether oxygens (including phenoxy) is 2. The van der Waals surface area contributed by atoms with Crippen LogP contribution < -0.4 is 0 Å². The van der Waals surface area contributed by atoms with E-state index in [1.807, 2.05) is 0 Å². The summed E-state index contributed by atoms with van der Waals surface area (Å²) in [4.78, 5) is 26.1. The molecule has 0 aromatic carbocycles. The van der Waals surface area contributed by atoms with Gasteiger partial charge in [0.25, 0.3) is 0 Å². The third kappa shape index (κ3) is 7.18. The lowest BCUT2D eigenvalue weighted by Crippen LogP contribution is -2.33. The summed E-state index contributed by atoms with van der Waals surface area (Å²) in [6.07, 6.45) is 5.09. The van der Waals surface area contributed by atoms with Gasteiger partial charge in [-0.3, -0.25) is 9.59 Å². The summed E-state index contributed by atoms with van der Waals surface area (Å²) < 4.78 is 9.92. The zero-order chi connectivity index (χ0) is 15.5. The molecule has 0 radical (unpaired) electrons. The van der Waals surface area contributed by atoms with Crippen molar-refractivity contribution in [1.29, 1.82) is 0 Å². The second kappa shape index (κ2) is 10.9. The van der Waals surface area contributed by atoms with Crippen molar-refractivity contribution in [2.45, 2.75) is 44.8 Å². The van der Waals surface area contributed by atoms with Gasteiger partial charge in [0, 0.05) is 12.3 Å². The molecule has 5 nitrogen and oxygen atoms in total. The average Bonchev–Trinajstić information content (AvgIpc) is 2.72. The van der Waals surface area contributed by atoms with Gasteiger partial charge in [0.15, 0.2) is 5.25 Å². The van der Waals surface area contributed by atoms with Crippen LogP contribution in [0.3, 0.4) is 0 Å². The monoisotopic (exact) mass is 317 g/mol. The molecule has 0 aliphatic carbocycles. The maximum atomic E-state index is 11.8. The maximum Gasteiger partial charge on any atom is 0.330 e. The summed E-state index contributed by atoms with van der Waals surface area (Å²) in [5, 5.41) is -0.850. The number of carbonyl (C=O) groups excluding carboxylic acids is 2. The SMILES string of the molecule is CCOC(=O)C(SCCN1CCCCCC1)C(=O)OCC. The van der Waals surface area contributed by atoms with Crippen LogP contribution in [0.5, 0.6) is 0 Å². The van der Waals surface area contributed by atoms with Crippen LogP contribution in [0.25, 0.3) is 0 Å². The van der Waals surface area contributed by atoms with Gasteiger partial charge < -0.3 is 14.4 Å². The van der Waals surface area contributed by atoms with Crippen LogP contribution >= 0.6 is 11.8 Å². The standard InChI is InChI=1S/C15H27NO4S/c1-3-19-14(17)13(15(18)20-4-2)21-12-11-16-9-7-5-6-8-10-16/h13H,3-12H2,1-2H3. The number of esters is 2. The fraction of sp³-hybridized carbons (Fsp3) is 0.867. The van der Waals surface area contributed by atoms with E-state index in [2.05, 4.69) is 4.90 Å². The van der Waals surface area contributed by atoms with Gasteiger partial charge >= 0.3 is 11.9 Å². The molecule has 0 atom stereocenters. The summed E-state index contributed by atoms with van der Waals surface area (Å²) in [5.41, 5.74) is 0. The van der Waals surface area contributed by atoms with E-state index in [-0.39, 0.29) is 13.2 Å². The Morgan fingerprint density at radius 2 is 1.52 bits per heavy atom. The van der Waals surface area contributed by atoms with Gasteiger partial charge in [0.2, 0.25) is 0 Å². The Kier molecular flexibility index (Phi) is 9.50. The smallest absolute Gasteiger partial charge is 0.330 e. The molecule has 0 bridgehead atoms. The van der Waals surface area contributed by atoms with Crippen molar-refractivity contribution in [3.63, 3.8) is 0 Å². The molecular weight excluding hydrogens is 290 g/mol. The largest absolute Gasteiger partial charge is 0.465 e. The zero-order valence-electron chi connectivity index (χ0n) is 13.1. The number of likely N-dealkylation sites (tertiary alicyclic amines) is 1. The summed E-state index contributed by atoms with van der Waals surface area (Å²) in [5.74, 6) is -0.240. The molecule has 0 spiro atoms. The number of hydrogen-bond acceptors (Lipinski definition) is 6. The highest BCUT2D eigenvalue weighted by atomic mass is 32.2. The zero-order valence-corrected chi connectivity index (χ0v) is 14.0. The minimum absolute atomic E-state index is 0.279. The fourth-order valence-corrected chi connectivity index (χ4v) is 3.34. The van der Waals surface area contributed by atoms with Crippen molar-refractivity contribution >= 4 is 23.7 Å². The van der Waals surface area contributed by atoms with Gasteiger partial charge in [-0.05, 0) is 39.8 Å². The van der Waals surface area contributed by atoms with Crippen molar-refractivity contribution in [3.8, 4) is 0 Å². The summed E-state index contributed by atoms with van der Waals surface area (Å²) >= 11 is 1.33. The Bertz CT molecular complexity index is 299. The van der Waals surface area contributed by atoms with Crippen LogP contribution in [-0.4, -0.2) is 60.7 Å². The average molecular weight is 317 g/mol. The molecule has 0 aromatic heterocycles. The minimum Gasteiger partial charge on any atom is -0.465 e. The first-order valence-electron chi connectivity index (χ1n) is 7.86. The highest BCUT2D eigenvalue weighted by Gasteiger charge is 2.30. The predicted molar refractivity (Wildman–Crippen MR) is 84.4 cm³/mol. The van der Waals surface area contributed by atoms with Gasteiger partial charge in [-0.1, -0.05) is 12.8 Å². The molecule has 1 aliphatic rings. The van der Waals surface area contributed by atoms with Gasteiger partial charge in [-0.15, -0.1) is 11.8 Å². The predicted octanol–water partition coefficient (Wildman–Crippen LogP) is 2.09. The molecule has 0 aromatic rings. The molecule has 1 heterocycles.